The molecule has 0 atom stereocenters. The molecule has 0 radical (unpaired) electrons. The molecule has 6 nitrogen and oxygen atoms in total. The zero-order chi connectivity index (χ0) is 14.2. The van der Waals surface area contributed by atoms with Gasteiger partial charge in [0, 0.05) is 25.8 Å². The molecule has 0 unspecified atom stereocenters. The molecule has 1 heterocycles. The molecular formula is C14H19NO5. The average Bonchev–Trinajstić information content (AvgIpc) is 2.92. The predicted octanol–water partition coefficient (Wildman–Crippen LogP) is 1.34. The van der Waals surface area contributed by atoms with Gasteiger partial charge < -0.3 is 24.3 Å². The van der Waals surface area contributed by atoms with Crippen molar-refractivity contribution in [1.29, 1.82) is 0 Å². The summed E-state index contributed by atoms with van der Waals surface area (Å²) in [7, 11) is 0. The first kappa shape index (κ1) is 14.5. The highest BCUT2D eigenvalue weighted by molar-refractivity contribution is 5.77. The summed E-state index contributed by atoms with van der Waals surface area (Å²) in [5, 5.41) is 2.76. The molecule has 0 spiro atoms. The lowest BCUT2D eigenvalue weighted by molar-refractivity contribution is -0.123. The van der Waals surface area contributed by atoms with Gasteiger partial charge in [0.2, 0.25) is 6.79 Å². The molecule has 0 aliphatic carbocycles. The van der Waals surface area contributed by atoms with Crippen LogP contribution in [0.15, 0.2) is 18.2 Å². The number of hydrogen-bond donors (Lipinski definition) is 1. The zero-order valence-electron chi connectivity index (χ0n) is 11.5. The zero-order valence-corrected chi connectivity index (χ0v) is 11.5. The highest BCUT2D eigenvalue weighted by Gasteiger charge is 2.14. The third-order valence-electron chi connectivity index (χ3n) is 2.71. The van der Waals surface area contributed by atoms with Crippen molar-refractivity contribution < 1.29 is 23.7 Å². The molecule has 1 amide bonds. The van der Waals surface area contributed by atoms with Crippen molar-refractivity contribution in [3.8, 4) is 17.2 Å². The fourth-order valence-corrected chi connectivity index (χ4v) is 1.71. The van der Waals surface area contributed by atoms with Gasteiger partial charge in [-0.1, -0.05) is 0 Å². The van der Waals surface area contributed by atoms with Crippen molar-refractivity contribution >= 4 is 5.91 Å². The molecular weight excluding hydrogens is 262 g/mol. The van der Waals surface area contributed by atoms with E-state index in [0.29, 0.717) is 37.0 Å². The number of carbonyl (C=O) groups is 1. The van der Waals surface area contributed by atoms with Gasteiger partial charge in [-0.3, -0.25) is 4.79 Å². The van der Waals surface area contributed by atoms with Crippen LogP contribution in [-0.2, 0) is 9.53 Å². The van der Waals surface area contributed by atoms with Crippen molar-refractivity contribution in [2.24, 2.45) is 0 Å². The summed E-state index contributed by atoms with van der Waals surface area (Å²) in [6.45, 7) is 4.08. The lowest BCUT2D eigenvalue weighted by atomic mass is 10.3. The van der Waals surface area contributed by atoms with E-state index in [4.69, 9.17) is 18.9 Å². The van der Waals surface area contributed by atoms with Gasteiger partial charge in [0.1, 0.15) is 5.75 Å². The fourth-order valence-electron chi connectivity index (χ4n) is 1.71. The third kappa shape index (κ3) is 4.31. The Morgan fingerprint density at radius 2 is 2.20 bits per heavy atom. The topological polar surface area (TPSA) is 66.0 Å². The van der Waals surface area contributed by atoms with Gasteiger partial charge in [-0.15, -0.1) is 0 Å². The molecule has 1 aromatic carbocycles. The maximum atomic E-state index is 11.5. The van der Waals surface area contributed by atoms with E-state index in [1.165, 1.54) is 0 Å². The molecule has 20 heavy (non-hydrogen) atoms. The molecule has 0 fully saturated rings. The highest BCUT2D eigenvalue weighted by Crippen LogP contribution is 2.34. The van der Waals surface area contributed by atoms with E-state index in [1.54, 1.807) is 18.2 Å². The summed E-state index contributed by atoms with van der Waals surface area (Å²) in [6, 6.07) is 5.22. The van der Waals surface area contributed by atoms with E-state index in [2.05, 4.69) is 5.32 Å². The van der Waals surface area contributed by atoms with Crippen LogP contribution < -0.4 is 19.5 Å². The Bertz CT molecular complexity index is 449. The lowest BCUT2D eigenvalue weighted by Gasteiger charge is -2.08. The van der Waals surface area contributed by atoms with Crippen LogP contribution in [0.4, 0.5) is 0 Å². The van der Waals surface area contributed by atoms with Gasteiger partial charge >= 0.3 is 0 Å². The minimum atomic E-state index is -0.154. The summed E-state index contributed by atoms with van der Waals surface area (Å²) >= 11 is 0. The molecule has 6 heteroatoms. The number of nitrogens with one attached hydrogen (secondary N) is 1. The number of hydrogen-bond acceptors (Lipinski definition) is 5. The molecule has 2 rings (SSSR count). The molecule has 0 saturated carbocycles. The van der Waals surface area contributed by atoms with Crippen LogP contribution in [0.2, 0.25) is 0 Å². The van der Waals surface area contributed by atoms with Gasteiger partial charge in [0.15, 0.2) is 18.1 Å². The van der Waals surface area contributed by atoms with E-state index < -0.39 is 0 Å². The maximum absolute atomic E-state index is 11.5. The second-order valence-electron chi connectivity index (χ2n) is 4.20. The van der Waals surface area contributed by atoms with E-state index in [-0.39, 0.29) is 19.3 Å². The Balaban J connectivity index is 1.66. The van der Waals surface area contributed by atoms with Gasteiger partial charge in [-0.05, 0) is 25.5 Å². The van der Waals surface area contributed by atoms with Gasteiger partial charge in [0.05, 0.1) is 0 Å². The van der Waals surface area contributed by atoms with E-state index in [0.717, 1.165) is 6.42 Å². The molecule has 0 bridgehead atoms. The van der Waals surface area contributed by atoms with E-state index >= 15 is 0 Å². The molecule has 1 aromatic rings. The monoisotopic (exact) mass is 281 g/mol. The Morgan fingerprint density at radius 3 is 3.05 bits per heavy atom. The first-order valence-corrected chi connectivity index (χ1v) is 6.66. The van der Waals surface area contributed by atoms with Crippen LogP contribution in [0.3, 0.4) is 0 Å². The van der Waals surface area contributed by atoms with Crippen molar-refractivity contribution in [2.45, 2.75) is 13.3 Å². The Labute approximate surface area is 118 Å². The Hall–Kier alpha value is -1.95. The minimum Gasteiger partial charge on any atom is -0.484 e. The van der Waals surface area contributed by atoms with Crippen molar-refractivity contribution in [3.63, 3.8) is 0 Å². The molecule has 110 valence electrons. The van der Waals surface area contributed by atoms with Crippen molar-refractivity contribution in [2.75, 3.05) is 33.2 Å². The number of carbonyl (C=O) groups excluding carboxylic acids is 1. The maximum Gasteiger partial charge on any atom is 0.257 e. The predicted molar refractivity (Wildman–Crippen MR) is 72.2 cm³/mol. The molecule has 1 aliphatic heterocycles. The summed E-state index contributed by atoms with van der Waals surface area (Å²) in [6.07, 6.45) is 0.795. The summed E-state index contributed by atoms with van der Waals surface area (Å²) < 4.78 is 21.0. The second-order valence-corrected chi connectivity index (χ2v) is 4.20. The van der Waals surface area contributed by atoms with Crippen LogP contribution in [0.1, 0.15) is 13.3 Å². The smallest absolute Gasteiger partial charge is 0.257 e. The third-order valence-corrected chi connectivity index (χ3v) is 2.71. The van der Waals surface area contributed by atoms with Crippen molar-refractivity contribution in [1.82, 2.24) is 5.32 Å². The number of rotatable bonds is 8. The number of fused-ring (bicyclic) bond motifs is 1. The molecule has 0 saturated heterocycles. The van der Waals surface area contributed by atoms with Crippen molar-refractivity contribution in [3.05, 3.63) is 18.2 Å². The molecule has 0 aromatic heterocycles. The highest BCUT2D eigenvalue weighted by atomic mass is 16.7. The van der Waals surface area contributed by atoms with Crippen LogP contribution in [0.5, 0.6) is 17.2 Å². The Kier molecular flexibility index (Phi) is 5.49. The van der Waals surface area contributed by atoms with Crippen LogP contribution in [0, 0.1) is 0 Å². The van der Waals surface area contributed by atoms with E-state index in [1.807, 2.05) is 6.92 Å². The average molecular weight is 281 g/mol. The Morgan fingerprint density at radius 1 is 1.35 bits per heavy atom. The van der Waals surface area contributed by atoms with E-state index in [9.17, 15) is 4.79 Å². The normalized spacial score (nSPS) is 12.2. The number of benzene rings is 1. The molecule has 1 aliphatic rings. The van der Waals surface area contributed by atoms with Crippen LogP contribution in [-0.4, -0.2) is 39.1 Å². The summed E-state index contributed by atoms with van der Waals surface area (Å²) in [5.74, 6) is 1.76. The summed E-state index contributed by atoms with van der Waals surface area (Å²) in [4.78, 5) is 11.5. The van der Waals surface area contributed by atoms with Gasteiger partial charge in [-0.25, -0.2) is 0 Å². The summed E-state index contributed by atoms with van der Waals surface area (Å²) in [5.41, 5.74) is 0. The fraction of sp³-hybridized carbons (Fsp3) is 0.500. The largest absolute Gasteiger partial charge is 0.484 e. The standard InChI is InChI=1S/C14H19NO5/c1-2-17-7-3-6-15-14(16)9-18-11-4-5-12-13(8-11)20-10-19-12/h4-5,8H,2-3,6-7,9-10H2,1H3,(H,15,16). The number of ether oxygens (including phenoxy) is 4. The quantitative estimate of drug-likeness (QED) is 0.728. The van der Waals surface area contributed by atoms with Crippen LogP contribution >= 0.6 is 0 Å². The van der Waals surface area contributed by atoms with Gasteiger partial charge in [-0.2, -0.15) is 0 Å². The van der Waals surface area contributed by atoms with Gasteiger partial charge in [0.25, 0.3) is 5.91 Å². The lowest BCUT2D eigenvalue weighted by Crippen LogP contribution is -2.30. The SMILES string of the molecule is CCOCCCNC(=O)COc1ccc2c(c1)OCO2. The first-order valence-electron chi connectivity index (χ1n) is 6.66. The minimum absolute atomic E-state index is 0.0196. The second kappa shape index (κ2) is 7.59. The van der Waals surface area contributed by atoms with Crippen LogP contribution in [0.25, 0.3) is 0 Å². The number of amides is 1. The molecule has 1 N–H and O–H groups in total. The first-order chi connectivity index (χ1) is 9.79.